The van der Waals surface area contributed by atoms with Crippen LogP contribution in [0.15, 0.2) is 24.4 Å². The number of hydrogen-bond acceptors (Lipinski definition) is 6. The summed E-state index contributed by atoms with van der Waals surface area (Å²) < 4.78 is 40.5. The van der Waals surface area contributed by atoms with E-state index < -0.39 is 29.7 Å². The number of esters is 1. The van der Waals surface area contributed by atoms with Crippen molar-refractivity contribution in [2.45, 2.75) is 44.6 Å². The molecule has 3 heterocycles. The number of halogens is 2. The van der Waals surface area contributed by atoms with Crippen LogP contribution in [0.5, 0.6) is 0 Å². The van der Waals surface area contributed by atoms with E-state index in [0.29, 0.717) is 38.4 Å². The van der Waals surface area contributed by atoms with Crippen molar-refractivity contribution >= 4 is 5.97 Å². The van der Waals surface area contributed by atoms with Crippen LogP contribution in [0.25, 0.3) is 0 Å². The number of rotatable bonds is 4. The van der Waals surface area contributed by atoms with Gasteiger partial charge >= 0.3 is 5.97 Å². The first-order valence-corrected chi connectivity index (χ1v) is 9.75. The molecule has 0 saturated carbocycles. The van der Waals surface area contributed by atoms with Gasteiger partial charge in [0.15, 0.2) is 5.69 Å². The van der Waals surface area contributed by atoms with E-state index in [1.165, 1.54) is 0 Å². The summed E-state index contributed by atoms with van der Waals surface area (Å²) in [4.78, 5) is 18.5. The summed E-state index contributed by atoms with van der Waals surface area (Å²) in [6.45, 7) is 4.42. The van der Waals surface area contributed by atoms with Gasteiger partial charge in [0.2, 0.25) is 0 Å². The molecule has 9 heteroatoms. The lowest BCUT2D eigenvalue weighted by molar-refractivity contribution is -0.0574. The van der Waals surface area contributed by atoms with Crippen LogP contribution in [0, 0.1) is 11.6 Å². The van der Waals surface area contributed by atoms with E-state index >= 15 is 0 Å². The van der Waals surface area contributed by atoms with Crippen molar-refractivity contribution in [3.63, 3.8) is 0 Å². The SMILES string of the molecule is CCOC(=O)c1cn2c(n1)CN([C@H]1CO[C@H](c3cc(F)ccc3F)[C@@H](N)C1)CC2. The van der Waals surface area contributed by atoms with E-state index in [0.717, 1.165) is 30.6 Å². The average Bonchev–Trinajstić information content (AvgIpc) is 3.13. The molecule has 2 aliphatic rings. The molecule has 156 valence electrons. The Morgan fingerprint density at radius 1 is 1.38 bits per heavy atom. The molecule has 0 amide bonds. The molecule has 4 rings (SSSR count). The molecule has 0 bridgehead atoms. The molecule has 3 atom stereocenters. The lowest BCUT2D eigenvalue weighted by Gasteiger charge is -2.41. The van der Waals surface area contributed by atoms with Crippen molar-refractivity contribution in [3.05, 3.63) is 53.1 Å². The van der Waals surface area contributed by atoms with Gasteiger partial charge in [0.1, 0.15) is 23.6 Å². The van der Waals surface area contributed by atoms with E-state index in [-0.39, 0.29) is 11.6 Å². The minimum atomic E-state index is -0.677. The van der Waals surface area contributed by atoms with Gasteiger partial charge in [0.05, 0.1) is 19.8 Å². The maximum absolute atomic E-state index is 14.1. The van der Waals surface area contributed by atoms with Gasteiger partial charge in [-0.1, -0.05) is 0 Å². The highest BCUT2D eigenvalue weighted by Gasteiger charge is 2.36. The Kier molecular flexibility index (Phi) is 5.62. The predicted octanol–water partition coefficient (Wildman–Crippen LogP) is 2.01. The molecule has 1 aromatic heterocycles. The number of fused-ring (bicyclic) bond motifs is 1. The maximum Gasteiger partial charge on any atom is 0.358 e. The lowest BCUT2D eigenvalue weighted by Crippen LogP contribution is -2.51. The van der Waals surface area contributed by atoms with Gasteiger partial charge in [-0.05, 0) is 31.5 Å². The molecular formula is C20H24F2N4O3. The van der Waals surface area contributed by atoms with E-state index in [1.807, 2.05) is 4.57 Å². The first-order chi connectivity index (χ1) is 14.0. The van der Waals surface area contributed by atoms with Crippen molar-refractivity contribution in [2.75, 3.05) is 19.8 Å². The largest absolute Gasteiger partial charge is 0.461 e. The summed E-state index contributed by atoms with van der Waals surface area (Å²) >= 11 is 0. The second-order valence-corrected chi connectivity index (χ2v) is 7.40. The van der Waals surface area contributed by atoms with Crippen molar-refractivity contribution in [2.24, 2.45) is 5.73 Å². The number of carbonyl (C=O) groups excluding carboxylic acids is 1. The fraction of sp³-hybridized carbons (Fsp3) is 0.500. The monoisotopic (exact) mass is 406 g/mol. The van der Waals surface area contributed by atoms with Crippen LogP contribution in [0.1, 0.15) is 41.3 Å². The lowest BCUT2D eigenvalue weighted by atomic mass is 9.93. The van der Waals surface area contributed by atoms with Gasteiger partial charge in [-0.25, -0.2) is 18.6 Å². The van der Waals surface area contributed by atoms with E-state index in [9.17, 15) is 13.6 Å². The van der Waals surface area contributed by atoms with Crippen molar-refractivity contribution in [1.82, 2.24) is 14.5 Å². The molecule has 0 spiro atoms. The van der Waals surface area contributed by atoms with Crippen LogP contribution >= 0.6 is 0 Å². The quantitative estimate of drug-likeness (QED) is 0.783. The minimum Gasteiger partial charge on any atom is -0.461 e. The van der Waals surface area contributed by atoms with E-state index in [1.54, 1.807) is 13.1 Å². The molecular weight excluding hydrogens is 382 g/mol. The molecule has 29 heavy (non-hydrogen) atoms. The van der Waals surface area contributed by atoms with Gasteiger partial charge < -0.3 is 19.8 Å². The second-order valence-electron chi connectivity index (χ2n) is 7.40. The molecule has 0 aliphatic carbocycles. The Morgan fingerprint density at radius 3 is 2.97 bits per heavy atom. The van der Waals surface area contributed by atoms with E-state index in [4.69, 9.17) is 15.2 Å². The number of ether oxygens (including phenoxy) is 2. The standard InChI is InChI=1S/C20H24F2N4O3/c1-2-28-20(27)17-9-26-6-5-25(10-18(26)24-17)13-8-16(23)19(29-11-13)14-7-12(21)3-4-15(14)22/h3-4,7,9,13,16,19H,2,5-6,8,10-11,23H2,1H3/t13-,16+,19-/m1/s1. The number of nitrogens with zero attached hydrogens (tertiary/aromatic N) is 3. The summed E-state index contributed by atoms with van der Waals surface area (Å²) in [5, 5.41) is 0. The third kappa shape index (κ3) is 4.03. The topological polar surface area (TPSA) is 82.6 Å². The predicted molar refractivity (Wildman–Crippen MR) is 100 cm³/mol. The fourth-order valence-corrected chi connectivity index (χ4v) is 4.04. The van der Waals surface area contributed by atoms with Crippen LogP contribution in [0.2, 0.25) is 0 Å². The number of benzene rings is 1. The highest BCUT2D eigenvalue weighted by Crippen LogP contribution is 2.32. The average molecular weight is 406 g/mol. The van der Waals surface area contributed by atoms with Crippen molar-refractivity contribution < 1.29 is 23.0 Å². The van der Waals surface area contributed by atoms with Crippen LogP contribution < -0.4 is 5.73 Å². The summed E-state index contributed by atoms with van der Waals surface area (Å²) in [6.07, 6.45) is 1.63. The Labute approximate surface area is 167 Å². The molecule has 2 N–H and O–H groups in total. The number of hydrogen-bond donors (Lipinski definition) is 1. The number of imidazole rings is 1. The molecule has 2 aliphatic heterocycles. The summed E-state index contributed by atoms with van der Waals surface area (Å²) in [7, 11) is 0. The van der Waals surface area contributed by atoms with Gasteiger partial charge in [0, 0.05) is 36.9 Å². The number of nitrogens with two attached hydrogens (primary N) is 1. The zero-order chi connectivity index (χ0) is 20.5. The van der Waals surface area contributed by atoms with Gasteiger partial charge in [0.25, 0.3) is 0 Å². The van der Waals surface area contributed by atoms with Crippen molar-refractivity contribution in [1.29, 1.82) is 0 Å². The van der Waals surface area contributed by atoms with Crippen LogP contribution in [0.3, 0.4) is 0 Å². The highest BCUT2D eigenvalue weighted by molar-refractivity contribution is 5.87. The number of aromatic nitrogens is 2. The minimum absolute atomic E-state index is 0.0364. The van der Waals surface area contributed by atoms with Crippen molar-refractivity contribution in [3.8, 4) is 0 Å². The molecule has 7 nitrogen and oxygen atoms in total. The smallest absolute Gasteiger partial charge is 0.358 e. The molecule has 0 radical (unpaired) electrons. The normalized spacial score (nSPS) is 24.9. The first kappa shape index (κ1) is 19.9. The highest BCUT2D eigenvalue weighted by atomic mass is 19.1. The summed E-state index contributed by atoms with van der Waals surface area (Å²) in [5.74, 6) is -0.675. The third-order valence-electron chi connectivity index (χ3n) is 5.50. The Morgan fingerprint density at radius 2 is 2.21 bits per heavy atom. The second kappa shape index (κ2) is 8.17. The maximum atomic E-state index is 14.1. The third-order valence-corrected chi connectivity index (χ3v) is 5.50. The Balaban J connectivity index is 1.43. The Bertz CT molecular complexity index is 904. The molecule has 1 fully saturated rings. The molecule has 1 aromatic carbocycles. The Hall–Kier alpha value is -2.36. The van der Waals surface area contributed by atoms with Crippen LogP contribution in [0.4, 0.5) is 8.78 Å². The molecule has 0 unspecified atom stereocenters. The zero-order valence-corrected chi connectivity index (χ0v) is 16.2. The van der Waals surface area contributed by atoms with Gasteiger partial charge in [-0.2, -0.15) is 0 Å². The first-order valence-electron chi connectivity index (χ1n) is 9.75. The van der Waals surface area contributed by atoms with E-state index in [2.05, 4.69) is 9.88 Å². The zero-order valence-electron chi connectivity index (χ0n) is 16.2. The molecule has 2 aromatic rings. The summed E-state index contributed by atoms with van der Waals surface area (Å²) in [6, 6.07) is 2.90. The van der Waals surface area contributed by atoms with Gasteiger partial charge in [-0.3, -0.25) is 4.90 Å². The van der Waals surface area contributed by atoms with Crippen LogP contribution in [-0.4, -0.2) is 52.3 Å². The van der Waals surface area contributed by atoms with Crippen LogP contribution in [-0.2, 0) is 22.6 Å². The molecule has 1 saturated heterocycles. The van der Waals surface area contributed by atoms with Gasteiger partial charge in [-0.15, -0.1) is 0 Å². The summed E-state index contributed by atoms with van der Waals surface area (Å²) in [5.41, 5.74) is 6.74. The fourth-order valence-electron chi connectivity index (χ4n) is 4.04. The number of carbonyl (C=O) groups is 1.